The van der Waals surface area contributed by atoms with Crippen molar-refractivity contribution in [2.45, 2.75) is 24.9 Å². The maximum Gasteiger partial charge on any atom is 0.0261 e. The van der Waals surface area contributed by atoms with Crippen molar-refractivity contribution in [2.24, 2.45) is 0 Å². The van der Waals surface area contributed by atoms with Crippen LogP contribution in [0.4, 0.5) is 0 Å². The smallest absolute Gasteiger partial charge is 0.0261 e. The zero-order valence-electron chi connectivity index (χ0n) is 13.7. The van der Waals surface area contributed by atoms with Crippen LogP contribution in [0, 0.1) is 0 Å². The highest BCUT2D eigenvalue weighted by Crippen LogP contribution is 2.19. The van der Waals surface area contributed by atoms with Crippen molar-refractivity contribution < 1.29 is 0 Å². The molecule has 0 amide bonds. The summed E-state index contributed by atoms with van der Waals surface area (Å²) in [7, 11) is 4.55. The Hall–Kier alpha value is -1.64. The Kier molecular flexibility index (Phi) is 4.91. The zero-order valence-corrected chi connectivity index (χ0v) is 13.7. The Morgan fingerprint density at radius 1 is 0.682 bits per heavy atom. The van der Waals surface area contributed by atoms with Crippen LogP contribution in [0.5, 0.6) is 0 Å². The third-order valence-electron chi connectivity index (χ3n) is 4.87. The molecule has 2 atom stereocenters. The van der Waals surface area contributed by atoms with E-state index >= 15 is 0 Å². The van der Waals surface area contributed by atoms with E-state index in [1.807, 2.05) is 0 Å². The van der Waals surface area contributed by atoms with Gasteiger partial charge in [0.1, 0.15) is 0 Å². The minimum absolute atomic E-state index is 0.611. The second kappa shape index (κ2) is 7.08. The summed E-state index contributed by atoms with van der Waals surface area (Å²) in [6, 6.07) is 22.9. The van der Waals surface area contributed by atoms with Crippen LogP contribution in [-0.2, 0) is 12.8 Å². The Morgan fingerprint density at radius 3 is 1.41 bits per heavy atom. The predicted octanol–water partition coefficient (Wildman–Crippen LogP) is 3.09. The highest BCUT2D eigenvalue weighted by Gasteiger charge is 2.29. The summed E-state index contributed by atoms with van der Waals surface area (Å²) >= 11 is 0. The van der Waals surface area contributed by atoms with E-state index in [1.54, 1.807) is 0 Å². The lowest BCUT2D eigenvalue weighted by atomic mass is 9.97. The lowest BCUT2D eigenvalue weighted by molar-refractivity contribution is 0.0633. The van der Waals surface area contributed by atoms with Crippen molar-refractivity contribution in [3.05, 3.63) is 71.8 Å². The summed E-state index contributed by atoms with van der Waals surface area (Å²) in [6.07, 6.45) is 2.28. The summed E-state index contributed by atoms with van der Waals surface area (Å²) in [5, 5.41) is 0. The van der Waals surface area contributed by atoms with E-state index in [9.17, 15) is 0 Å². The molecule has 1 heterocycles. The second-order valence-electron chi connectivity index (χ2n) is 6.57. The van der Waals surface area contributed by atoms with Gasteiger partial charge in [-0.2, -0.15) is 0 Å². The number of nitrogens with zero attached hydrogens (tertiary/aromatic N) is 2. The molecule has 1 aliphatic rings. The molecule has 0 radical (unpaired) electrons. The van der Waals surface area contributed by atoms with Gasteiger partial charge in [0.2, 0.25) is 0 Å². The zero-order chi connectivity index (χ0) is 15.4. The molecule has 0 spiro atoms. The van der Waals surface area contributed by atoms with E-state index in [1.165, 1.54) is 11.1 Å². The molecular formula is C20H26N2. The van der Waals surface area contributed by atoms with Crippen LogP contribution in [0.1, 0.15) is 11.1 Å². The van der Waals surface area contributed by atoms with Gasteiger partial charge in [-0.05, 0) is 38.1 Å². The minimum Gasteiger partial charge on any atom is -0.300 e. The van der Waals surface area contributed by atoms with Gasteiger partial charge in [0.15, 0.2) is 0 Å². The van der Waals surface area contributed by atoms with Gasteiger partial charge in [0.05, 0.1) is 0 Å². The molecule has 2 unspecified atom stereocenters. The molecule has 2 nitrogen and oxygen atoms in total. The van der Waals surface area contributed by atoms with Gasteiger partial charge in [0, 0.05) is 25.2 Å². The summed E-state index contributed by atoms with van der Waals surface area (Å²) in [5.74, 6) is 0. The minimum atomic E-state index is 0.611. The lowest BCUT2D eigenvalue weighted by Gasteiger charge is -2.43. The predicted molar refractivity (Wildman–Crippen MR) is 93.1 cm³/mol. The third kappa shape index (κ3) is 3.76. The van der Waals surface area contributed by atoms with Crippen LogP contribution >= 0.6 is 0 Å². The van der Waals surface area contributed by atoms with Crippen molar-refractivity contribution in [1.82, 2.24) is 9.80 Å². The Morgan fingerprint density at radius 2 is 1.05 bits per heavy atom. The van der Waals surface area contributed by atoms with Crippen LogP contribution in [0.25, 0.3) is 0 Å². The summed E-state index contributed by atoms with van der Waals surface area (Å²) in [4.78, 5) is 5.08. The molecule has 0 aromatic heterocycles. The monoisotopic (exact) mass is 294 g/mol. The van der Waals surface area contributed by atoms with E-state index in [4.69, 9.17) is 0 Å². The first-order chi connectivity index (χ1) is 10.7. The molecule has 0 aliphatic carbocycles. The van der Waals surface area contributed by atoms with Crippen molar-refractivity contribution in [3.8, 4) is 0 Å². The molecule has 1 aliphatic heterocycles. The lowest BCUT2D eigenvalue weighted by Crippen LogP contribution is -2.56. The first-order valence-corrected chi connectivity index (χ1v) is 8.20. The van der Waals surface area contributed by atoms with Crippen LogP contribution in [-0.4, -0.2) is 49.1 Å². The molecule has 0 saturated carbocycles. The Balaban J connectivity index is 1.61. The standard InChI is InChI=1S/C20H26N2/c1-21-15-20(14-18-11-7-4-8-12-18)22(2)16-19(21)13-17-9-5-3-6-10-17/h3-12,19-20H,13-16H2,1-2H3. The van der Waals surface area contributed by atoms with Gasteiger partial charge in [-0.1, -0.05) is 60.7 Å². The Bertz CT molecular complexity index is 513. The van der Waals surface area contributed by atoms with Gasteiger partial charge in [0.25, 0.3) is 0 Å². The largest absolute Gasteiger partial charge is 0.300 e. The number of likely N-dealkylation sites (N-methyl/N-ethyl adjacent to an activating group) is 2. The number of hydrogen-bond donors (Lipinski definition) is 0. The normalized spacial score (nSPS) is 23.5. The van der Waals surface area contributed by atoms with Crippen LogP contribution in [0.15, 0.2) is 60.7 Å². The van der Waals surface area contributed by atoms with E-state index < -0.39 is 0 Å². The molecule has 2 aromatic carbocycles. The molecule has 2 aromatic rings. The van der Waals surface area contributed by atoms with Gasteiger partial charge in [-0.15, -0.1) is 0 Å². The average Bonchev–Trinajstić information content (AvgIpc) is 2.54. The number of piperazine rings is 1. The van der Waals surface area contributed by atoms with Gasteiger partial charge in [-0.25, -0.2) is 0 Å². The van der Waals surface area contributed by atoms with Crippen LogP contribution in [0.2, 0.25) is 0 Å². The van der Waals surface area contributed by atoms with Crippen LogP contribution in [0.3, 0.4) is 0 Å². The topological polar surface area (TPSA) is 6.48 Å². The third-order valence-corrected chi connectivity index (χ3v) is 4.87. The summed E-state index contributed by atoms with van der Waals surface area (Å²) in [6.45, 7) is 2.28. The van der Waals surface area contributed by atoms with E-state index in [0.29, 0.717) is 12.1 Å². The molecule has 2 heteroatoms. The first-order valence-electron chi connectivity index (χ1n) is 8.20. The van der Waals surface area contributed by atoms with Crippen molar-refractivity contribution in [1.29, 1.82) is 0 Å². The number of hydrogen-bond acceptors (Lipinski definition) is 2. The molecule has 0 bridgehead atoms. The summed E-state index contributed by atoms with van der Waals surface area (Å²) in [5.41, 5.74) is 2.88. The fourth-order valence-corrected chi connectivity index (χ4v) is 3.45. The van der Waals surface area contributed by atoms with E-state index in [0.717, 1.165) is 25.9 Å². The highest BCUT2D eigenvalue weighted by atomic mass is 15.3. The first kappa shape index (κ1) is 15.3. The molecule has 1 fully saturated rings. The van der Waals surface area contributed by atoms with Gasteiger partial charge in [-0.3, -0.25) is 0 Å². The molecule has 0 N–H and O–H groups in total. The number of rotatable bonds is 4. The molecule has 3 rings (SSSR count). The molecular weight excluding hydrogens is 268 g/mol. The van der Waals surface area contributed by atoms with Gasteiger partial charge < -0.3 is 9.80 Å². The fourth-order valence-electron chi connectivity index (χ4n) is 3.45. The summed E-state index contributed by atoms with van der Waals surface area (Å²) < 4.78 is 0. The SMILES string of the molecule is CN1CC(Cc2ccccc2)N(C)CC1Cc1ccccc1. The fraction of sp³-hybridized carbons (Fsp3) is 0.400. The molecule has 116 valence electrons. The highest BCUT2D eigenvalue weighted by molar-refractivity contribution is 5.18. The van der Waals surface area contributed by atoms with Crippen LogP contribution < -0.4 is 0 Å². The van der Waals surface area contributed by atoms with Crippen molar-refractivity contribution in [2.75, 3.05) is 27.2 Å². The molecule has 1 saturated heterocycles. The average molecular weight is 294 g/mol. The maximum absolute atomic E-state index is 2.54. The number of benzene rings is 2. The quantitative estimate of drug-likeness (QED) is 0.855. The van der Waals surface area contributed by atoms with Crippen molar-refractivity contribution >= 4 is 0 Å². The van der Waals surface area contributed by atoms with E-state index in [2.05, 4.69) is 84.6 Å². The second-order valence-corrected chi connectivity index (χ2v) is 6.57. The van der Waals surface area contributed by atoms with E-state index in [-0.39, 0.29) is 0 Å². The molecule has 22 heavy (non-hydrogen) atoms. The Labute approximate surface area is 134 Å². The van der Waals surface area contributed by atoms with Gasteiger partial charge >= 0.3 is 0 Å². The van der Waals surface area contributed by atoms with Crippen molar-refractivity contribution in [3.63, 3.8) is 0 Å². The maximum atomic E-state index is 2.54.